The van der Waals surface area contributed by atoms with Crippen LogP contribution in [-0.2, 0) is 0 Å². The lowest BCUT2D eigenvalue weighted by Gasteiger charge is -2.12. The van der Waals surface area contributed by atoms with Crippen LogP contribution in [0.4, 0.5) is 5.69 Å². The van der Waals surface area contributed by atoms with Gasteiger partial charge in [-0.15, -0.1) is 0 Å². The molecule has 0 spiro atoms. The van der Waals surface area contributed by atoms with Crippen molar-refractivity contribution in [3.05, 3.63) is 47.0 Å². The first-order valence-corrected chi connectivity index (χ1v) is 6.89. The number of carbonyl (C=O) groups is 1. The molecule has 1 aromatic heterocycles. The van der Waals surface area contributed by atoms with Crippen LogP contribution < -0.4 is 10.1 Å². The molecule has 21 heavy (non-hydrogen) atoms. The average Bonchev–Trinajstić information content (AvgIpc) is 2.42. The summed E-state index contributed by atoms with van der Waals surface area (Å²) in [5, 5.41) is 3.10. The molecule has 6 heteroatoms. The van der Waals surface area contributed by atoms with Gasteiger partial charge in [0.15, 0.2) is 0 Å². The largest absolute Gasteiger partial charge is 0.491 e. The van der Waals surface area contributed by atoms with Gasteiger partial charge in [0.05, 0.1) is 28.7 Å². The lowest BCUT2D eigenvalue weighted by atomic mass is 10.3. The number of hydrogen-bond acceptors (Lipinski definition) is 4. The van der Waals surface area contributed by atoms with E-state index in [0.29, 0.717) is 16.5 Å². The second-order valence-electron chi connectivity index (χ2n) is 4.81. The second-order valence-corrected chi connectivity index (χ2v) is 5.21. The van der Waals surface area contributed by atoms with Crippen molar-refractivity contribution < 1.29 is 9.53 Å². The lowest BCUT2D eigenvalue weighted by molar-refractivity contribution is 0.102. The van der Waals surface area contributed by atoms with Crippen molar-refractivity contribution in [3.8, 4) is 5.75 Å². The summed E-state index contributed by atoms with van der Waals surface area (Å²) in [4.78, 5) is 20.1. The van der Waals surface area contributed by atoms with E-state index in [-0.39, 0.29) is 17.7 Å². The van der Waals surface area contributed by atoms with E-state index in [1.54, 1.807) is 25.1 Å². The van der Waals surface area contributed by atoms with Crippen molar-refractivity contribution in [1.82, 2.24) is 9.97 Å². The molecule has 0 unspecified atom stereocenters. The predicted molar refractivity (Wildman–Crippen MR) is 81.9 cm³/mol. The van der Waals surface area contributed by atoms with Crippen LogP contribution in [0.3, 0.4) is 0 Å². The molecule has 1 aromatic carbocycles. The number of halogens is 1. The Bertz CT molecular complexity index is 642. The van der Waals surface area contributed by atoms with Crippen molar-refractivity contribution in [3.63, 3.8) is 0 Å². The Morgan fingerprint density at radius 2 is 2.05 bits per heavy atom. The SMILES string of the molecule is Cc1cnc(C(=O)Nc2ccc(OC(C)C)cc2Cl)cn1. The number of benzene rings is 1. The Morgan fingerprint density at radius 3 is 2.62 bits per heavy atom. The van der Waals surface area contributed by atoms with Gasteiger partial charge in [-0.1, -0.05) is 11.6 Å². The van der Waals surface area contributed by atoms with E-state index in [9.17, 15) is 4.79 Å². The van der Waals surface area contributed by atoms with Crippen LogP contribution in [0.2, 0.25) is 5.02 Å². The highest BCUT2D eigenvalue weighted by Gasteiger charge is 2.11. The molecule has 0 aliphatic carbocycles. The number of anilines is 1. The van der Waals surface area contributed by atoms with E-state index in [2.05, 4.69) is 15.3 Å². The number of aryl methyl sites for hydroxylation is 1. The molecule has 1 N–H and O–H groups in total. The van der Waals surface area contributed by atoms with E-state index in [4.69, 9.17) is 16.3 Å². The van der Waals surface area contributed by atoms with Crippen LogP contribution in [0.5, 0.6) is 5.75 Å². The number of aromatic nitrogens is 2. The van der Waals surface area contributed by atoms with E-state index >= 15 is 0 Å². The minimum absolute atomic E-state index is 0.0596. The van der Waals surface area contributed by atoms with Crippen molar-refractivity contribution >= 4 is 23.2 Å². The van der Waals surface area contributed by atoms with Crippen molar-refractivity contribution in [2.75, 3.05) is 5.32 Å². The highest BCUT2D eigenvalue weighted by molar-refractivity contribution is 6.34. The Labute approximate surface area is 128 Å². The average molecular weight is 306 g/mol. The molecule has 0 saturated carbocycles. The van der Waals surface area contributed by atoms with Crippen molar-refractivity contribution in [2.24, 2.45) is 0 Å². The monoisotopic (exact) mass is 305 g/mol. The van der Waals surface area contributed by atoms with E-state index in [0.717, 1.165) is 5.69 Å². The fourth-order valence-corrected chi connectivity index (χ4v) is 1.86. The van der Waals surface area contributed by atoms with Crippen molar-refractivity contribution in [1.29, 1.82) is 0 Å². The van der Waals surface area contributed by atoms with Gasteiger partial charge in [0, 0.05) is 12.3 Å². The van der Waals surface area contributed by atoms with Gasteiger partial charge in [-0.25, -0.2) is 4.98 Å². The van der Waals surface area contributed by atoms with Gasteiger partial charge in [-0.2, -0.15) is 0 Å². The van der Waals surface area contributed by atoms with Gasteiger partial charge in [-0.05, 0) is 32.9 Å². The number of ether oxygens (including phenoxy) is 1. The highest BCUT2D eigenvalue weighted by atomic mass is 35.5. The summed E-state index contributed by atoms with van der Waals surface area (Å²) in [6, 6.07) is 5.11. The molecule has 5 nitrogen and oxygen atoms in total. The maximum absolute atomic E-state index is 12.0. The number of nitrogens with one attached hydrogen (secondary N) is 1. The zero-order valence-electron chi connectivity index (χ0n) is 12.1. The van der Waals surface area contributed by atoms with E-state index < -0.39 is 0 Å². The van der Waals surface area contributed by atoms with Crippen LogP contribution in [0.1, 0.15) is 30.0 Å². The van der Waals surface area contributed by atoms with Crippen LogP contribution in [0.25, 0.3) is 0 Å². The van der Waals surface area contributed by atoms with Gasteiger partial charge in [-0.3, -0.25) is 9.78 Å². The quantitative estimate of drug-likeness (QED) is 0.939. The summed E-state index contributed by atoms with van der Waals surface area (Å²) < 4.78 is 5.53. The van der Waals surface area contributed by atoms with Gasteiger partial charge in [0.25, 0.3) is 5.91 Å². The summed E-state index contributed by atoms with van der Waals surface area (Å²) >= 11 is 6.14. The molecular formula is C15H16ClN3O2. The highest BCUT2D eigenvalue weighted by Crippen LogP contribution is 2.27. The zero-order chi connectivity index (χ0) is 15.4. The molecule has 0 atom stereocenters. The molecule has 2 rings (SSSR count). The zero-order valence-corrected chi connectivity index (χ0v) is 12.8. The summed E-state index contributed by atoms with van der Waals surface area (Å²) in [6.45, 7) is 5.66. The summed E-state index contributed by atoms with van der Waals surface area (Å²) in [5.41, 5.74) is 1.49. The normalized spacial score (nSPS) is 10.5. The van der Waals surface area contributed by atoms with Crippen LogP contribution in [0.15, 0.2) is 30.6 Å². The van der Waals surface area contributed by atoms with Crippen molar-refractivity contribution in [2.45, 2.75) is 26.9 Å². The number of rotatable bonds is 4. The first-order chi connectivity index (χ1) is 9.95. The molecule has 0 bridgehead atoms. The Kier molecular flexibility index (Phi) is 4.75. The molecular weight excluding hydrogens is 290 g/mol. The van der Waals surface area contributed by atoms with E-state index in [1.165, 1.54) is 12.4 Å². The molecule has 0 radical (unpaired) electrons. The minimum Gasteiger partial charge on any atom is -0.491 e. The van der Waals surface area contributed by atoms with Gasteiger partial charge in [0.2, 0.25) is 0 Å². The maximum atomic E-state index is 12.0. The third-order valence-corrected chi connectivity index (χ3v) is 2.89. The number of nitrogens with zero attached hydrogens (tertiary/aromatic N) is 2. The third kappa shape index (κ3) is 4.16. The van der Waals surface area contributed by atoms with Crippen LogP contribution in [-0.4, -0.2) is 22.0 Å². The van der Waals surface area contributed by atoms with E-state index in [1.807, 2.05) is 13.8 Å². The Balaban J connectivity index is 2.12. The topological polar surface area (TPSA) is 64.1 Å². The number of hydrogen-bond donors (Lipinski definition) is 1. The fraction of sp³-hybridized carbons (Fsp3) is 0.267. The fourth-order valence-electron chi connectivity index (χ4n) is 1.64. The molecule has 0 saturated heterocycles. The first kappa shape index (κ1) is 15.3. The third-order valence-electron chi connectivity index (χ3n) is 2.57. The van der Waals surface area contributed by atoms with Crippen LogP contribution in [0, 0.1) is 6.92 Å². The second kappa shape index (κ2) is 6.54. The molecule has 110 valence electrons. The van der Waals surface area contributed by atoms with Crippen LogP contribution >= 0.6 is 11.6 Å². The van der Waals surface area contributed by atoms with Gasteiger partial charge in [0.1, 0.15) is 11.4 Å². The standard InChI is InChI=1S/C15H16ClN3O2/c1-9(2)21-11-4-5-13(12(16)6-11)19-15(20)14-8-17-10(3)7-18-14/h4-9H,1-3H3,(H,19,20). The predicted octanol–water partition coefficient (Wildman–Crippen LogP) is 3.48. The molecule has 0 fully saturated rings. The Hall–Kier alpha value is -2.14. The van der Waals surface area contributed by atoms with Gasteiger partial charge >= 0.3 is 0 Å². The molecule has 0 aliphatic rings. The lowest BCUT2D eigenvalue weighted by Crippen LogP contribution is -2.14. The minimum atomic E-state index is -0.359. The summed E-state index contributed by atoms with van der Waals surface area (Å²) in [6.07, 6.45) is 3.02. The summed E-state index contributed by atoms with van der Waals surface area (Å²) in [7, 11) is 0. The molecule has 2 aromatic rings. The maximum Gasteiger partial charge on any atom is 0.275 e. The summed E-state index contributed by atoms with van der Waals surface area (Å²) in [5.74, 6) is 0.296. The first-order valence-electron chi connectivity index (χ1n) is 6.52. The molecule has 1 heterocycles. The molecule has 0 aliphatic heterocycles. The Morgan fingerprint density at radius 1 is 1.29 bits per heavy atom. The smallest absolute Gasteiger partial charge is 0.275 e. The van der Waals surface area contributed by atoms with Gasteiger partial charge < -0.3 is 10.1 Å². The number of carbonyl (C=O) groups excluding carboxylic acids is 1. The molecule has 1 amide bonds. The number of amides is 1.